The van der Waals surface area contributed by atoms with Crippen molar-refractivity contribution in [2.24, 2.45) is 0 Å². The molecule has 0 aromatic heterocycles. The Labute approximate surface area is 135 Å². The number of rotatable bonds is 8. The molecule has 23 heavy (non-hydrogen) atoms. The fourth-order valence-electron chi connectivity index (χ4n) is 2.75. The Balaban J connectivity index is 1.67. The van der Waals surface area contributed by atoms with Gasteiger partial charge in [-0.2, -0.15) is 0 Å². The highest BCUT2D eigenvalue weighted by Crippen LogP contribution is 2.28. The summed E-state index contributed by atoms with van der Waals surface area (Å²) in [6.07, 6.45) is 3.60. The van der Waals surface area contributed by atoms with Gasteiger partial charge in [-0.1, -0.05) is 37.5 Å². The third-order valence-corrected chi connectivity index (χ3v) is 3.97. The maximum Gasteiger partial charge on any atom is 0.329 e. The van der Waals surface area contributed by atoms with Gasteiger partial charge in [0.15, 0.2) is 0 Å². The van der Waals surface area contributed by atoms with Crippen molar-refractivity contribution >= 4 is 11.9 Å². The summed E-state index contributed by atoms with van der Waals surface area (Å²) in [6, 6.07) is 9.33. The molecule has 2 N–H and O–H groups in total. The predicted molar refractivity (Wildman–Crippen MR) is 84.4 cm³/mol. The summed E-state index contributed by atoms with van der Waals surface area (Å²) in [5.74, 6) is -0.612. The molecule has 1 aliphatic carbocycles. The normalized spacial score (nSPS) is 16.5. The van der Waals surface area contributed by atoms with Gasteiger partial charge in [-0.25, -0.2) is 4.79 Å². The van der Waals surface area contributed by atoms with Gasteiger partial charge in [-0.3, -0.25) is 4.79 Å². The quantitative estimate of drug-likeness (QED) is 0.715. The molecule has 0 unspecified atom stereocenters. The molecule has 0 aliphatic heterocycles. The summed E-state index contributed by atoms with van der Waals surface area (Å²) in [5, 5.41) is 12.0. The number of hydrogen-bond donors (Lipinski definition) is 2. The Morgan fingerprint density at radius 1 is 1.09 bits per heavy atom. The lowest BCUT2D eigenvalue weighted by atomic mass is 9.81. The average molecular weight is 321 g/mol. The van der Waals surface area contributed by atoms with Crippen LogP contribution in [0, 0.1) is 0 Å². The molecular formula is C17H23NO5. The summed E-state index contributed by atoms with van der Waals surface area (Å²) in [6.45, 7) is 0.441. The zero-order valence-corrected chi connectivity index (χ0v) is 13.1. The zero-order valence-electron chi connectivity index (χ0n) is 13.1. The van der Waals surface area contributed by atoms with Crippen LogP contribution < -0.4 is 10.1 Å². The summed E-state index contributed by atoms with van der Waals surface area (Å²) >= 11 is 0. The first kappa shape index (κ1) is 17.3. The topological polar surface area (TPSA) is 84.9 Å². The second-order valence-electron chi connectivity index (χ2n) is 5.71. The SMILES string of the molecule is O=C(COCCOc1ccccc1)NC1(C(=O)O)CCCCC1. The number of carboxylic acids is 1. The van der Waals surface area contributed by atoms with Crippen molar-refractivity contribution in [1.82, 2.24) is 5.32 Å². The molecule has 1 aromatic rings. The minimum Gasteiger partial charge on any atom is -0.491 e. The van der Waals surface area contributed by atoms with Crippen LogP contribution in [0.3, 0.4) is 0 Å². The minimum absolute atomic E-state index is 0.160. The number of carbonyl (C=O) groups is 2. The number of carbonyl (C=O) groups excluding carboxylic acids is 1. The summed E-state index contributed by atoms with van der Waals surface area (Å²) in [5.41, 5.74) is -1.13. The monoisotopic (exact) mass is 321 g/mol. The third-order valence-electron chi connectivity index (χ3n) is 3.97. The average Bonchev–Trinajstić information content (AvgIpc) is 2.56. The molecule has 0 spiro atoms. The van der Waals surface area contributed by atoms with E-state index in [0.717, 1.165) is 25.0 Å². The maximum atomic E-state index is 11.9. The Hall–Kier alpha value is -2.08. The van der Waals surface area contributed by atoms with Crippen molar-refractivity contribution < 1.29 is 24.2 Å². The van der Waals surface area contributed by atoms with E-state index in [0.29, 0.717) is 19.4 Å². The second kappa shape index (κ2) is 8.53. The highest BCUT2D eigenvalue weighted by Gasteiger charge is 2.40. The first-order valence-electron chi connectivity index (χ1n) is 7.92. The van der Waals surface area contributed by atoms with E-state index in [-0.39, 0.29) is 13.2 Å². The largest absolute Gasteiger partial charge is 0.491 e. The Kier molecular flexibility index (Phi) is 6.40. The minimum atomic E-state index is -1.13. The molecule has 2 rings (SSSR count). The summed E-state index contributed by atoms with van der Waals surface area (Å²) in [4.78, 5) is 23.4. The Bertz CT molecular complexity index is 511. The maximum absolute atomic E-state index is 11.9. The summed E-state index contributed by atoms with van der Waals surface area (Å²) < 4.78 is 10.7. The molecule has 0 saturated heterocycles. The molecule has 1 amide bonds. The molecule has 1 aromatic carbocycles. The van der Waals surface area contributed by atoms with Gasteiger partial charge in [-0.05, 0) is 25.0 Å². The highest BCUT2D eigenvalue weighted by molar-refractivity contribution is 5.87. The van der Waals surface area contributed by atoms with Gasteiger partial charge >= 0.3 is 5.97 Å². The van der Waals surface area contributed by atoms with E-state index in [9.17, 15) is 14.7 Å². The van der Waals surface area contributed by atoms with Crippen molar-refractivity contribution in [1.29, 1.82) is 0 Å². The number of aliphatic carboxylic acids is 1. The number of nitrogens with one attached hydrogen (secondary N) is 1. The lowest BCUT2D eigenvalue weighted by molar-refractivity contribution is -0.150. The van der Waals surface area contributed by atoms with E-state index in [1.165, 1.54) is 0 Å². The number of ether oxygens (including phenoxy) is 2. The van der Waals surface area contributed by atoms with Gasteiger partial charge in [-0.15, -0.1) is 0 Å². The van der Waals surface area contributed by atoms with Crippen molar-refractivity contribution in [2.45, 2.75) is 37.6 Å². The lowest BCUT2D eigenvalue weighted by Gasteiger charge is -2.33. The number of para-hydroxylation sites is 1. The van der Waals surface area contributed by atoms with Crippen LogP contribution >= 0.6 is 0 Å². The standard InChI is InChI=1S/C17H23NO5/c19-15(18-17(16(20)21)9-5-2-6-10-17)13-22-11-12-23-14-7-3-1-4-8-14/h1,3-4,7-8H,2,5-6,9-13H2,(H,18,19)(H,20,21). The molecular weight excluding hydrogens is 298 g/mol. The molecule has 1 fully saturated rings. The van der Waals surface area contributed by atoms with E-state index in [1.807, 2.05) is 30.3 Å². The Morgan fingerprint density at radius 2 is 1.78 bits per heavy atom. The van der Waals surface area contributed by atoms with Crippen LogP contribution in [0.25, 0.3) is 0 Å². The van der Waals surface area contributed by atoms with Crippen molar-refractivity contribution in [3.05, 3.63) is 30.3 Å². The fourth-order valence-corrected chi connectivity index (χ4v) is 2.75. The van der Waals surface area contributed by atoms with Crippen molar-refractivity contribution in [3.63, 3.8) is 0 Å². The number of amides is 1. The number of benzene rings is 1. The molecule has 0 heterocycles. The molecule has 0 bridgehead atoms. The molecule has 1 saturated carbocycles. The van der Waals surface area contributed by atoms with E-state index >= 15 is 0 Å². The van der Waals surface area contributed by atoms with Gasteiger partial charge in [0.05, 0.1) is 6.61 Å². The van der Waals surface area contributed by atoms with Gasteiger partial charge in [0, 0.05) is 0 Å². The van der Waals surface area contributed by atoms with Crippen LogP contribution in [0.2, 0.25) is 0 Å². The smallest absolute Gasteiger partial charge is 0.329 e. The van der Waals surface area contributed by atoms with E-state index < -0.39 is 17.4 Å². The van der Waals surface area contributed by atoms with Crippen molar-refractivity contribution in [3.8, 4) is 5.75 Å². The van der Waals surface area contributed by atoms with Crippen LogP contribution in [0.4, 0.5) is 0 Å². The highest BCUT2D eigenvalue weighted by atomic mass is 16.5. The Morgan fingerprint density at radius 3 is 2.43 bits per heavy atom. The first-order chi connectivity index (χ1) is 11.1. The first-order valence-corrected chi connectivity index (χ1v) is 7.92. The summed E-state index contributed by atoms with van der Waals surface area (Å²) in [7, 11) is 0. The zero-order chi connectivity index (χ0) is 16.5. The molecule has 126 valence electrons. The van der Waals surface area contributed by atoms with Crippen molar-refractivity contribution in [2.75, 3.05) is 19.8 Å². The molecule has 0 radical (unpaired) electrons. The van der Waals surface area contributed by atoms with Crippen LogP contribution in [0.5, 0.6) is 5.75 Å². The number of carboxylic acid groups (broad SMARTS) is 1. The van der Waals surface area contributed by atoms with Gasteiger partial charge in [0.25, 0.3) is 0 Å². The third kappa shape index (κ3) is 5.25. The van der Waals surface area contributed by atoms with E-state index in [2.05, 4.69) is 5.32 Å². The van der Waals surface area contributed by atoms with Gasteiger partial charge in [0.1, 0.15) is 24.5 Å². The lowest BCUT2D eigenvalue weighted by Crippen LogP contribution is -2.56. The van der Waals surface area contributed by atoms with Crippen LogP contribution in [0.15, 0.2) is 30.3 Å². The number of hydrogen-bond acceptors (Lipinski definition) is 4. The van der Waals surface area contributed by atoms with E-state index in [4.69, 9.17) is 9.47 Å². The molecule has 0 atom stereocenters. The van der Waals surface area contributed by atoms with Gasteiger partial charge in [0.2, 0.25) is 5.91 Å². The molecule has 6 heteroatoms. The fraction of sp³-hybridized carbons (Fsp3) is 0.529. The molecule has 1 aliphatic rings. The van der Waals surface area contributed by atoms with Crippen LogP contribution in [-0.2, 0) is 14.3 Å². The van der Waals surface area contributed by atoms with Crippen LogP contribution in [-0.4, -0.2) is 42.3 Å². The second-order valence-corrected chi connectivity index (χ2v) is 5.71. The van der Waals surface area contributed by atoms with E-state index in [1.54, 1.807) is 0 Å². The van der Waals surface area contributed by atoms with Crippen LogP contribution in [0.1, 0.15) is 32.1 Å². The molecule has 6 nitrogen and oxygen atoms in total. The van der Waals surface area contributed by atoms with Gasteiger partial charge < -0.3 is 19.9 Å². The predicted octanol–water partition coefficient (Wildman–Crippen LogP) is 1.99.